The van der Waals surface area contributed by atoms with Crippen LogP contribution in [0.1, 0.15) is 129 Å². The molecule has 0 N–H and O–H groups in total. The molecule has 0 rings (SSSR count). The van der Waals surface area contributed by atoms with Crippen molar-refractivity contribution in [2.45, 2.75) is 135 Å². The van der Waals surface area contributed by atoms with Crippen LogP contribution in [0.15, 0.2) is 12.2 Å². The topological polar surface area (TPSA) is 40.1 Å². The van der Waals surface area contributed by atoms with Gasteiger partial charge in [0.2, 0.25) is 0 Å². The minimum Gasteiger partial charge on any atom is -0.590 e. The Morgan fingerprint density at radius 3 is 1.50 bits per heavy atom. The van der Waals surface area contributed by atoms with Gasteiger partial charge in [-0.2, -0.15) is 0 Å². The number of hydrogen-bond donors (Lipinski definition) is 0. The average molecular weight is 443 g/mol. The van der Waals surface area contributed by atoms with Crippen LogP contribution < -0.4 is 4.89 Å². The summed E-state index contributed by atoms with van der Waals surface area (Å²) in [6.45, 7) is 4.32. The quantitative estimate of drug-likeness (QED) is 0.0779. The molecule has 3 nitrogen and oxygen atoms in total. The lowest BCUT2D eigenvalue weighted by Crippen LogP contribution is -2.55. The van der Waals surface area contributed by atoms with Gasteiger partial charge in [-0.3, -0.25) is 4.48 Å². The van der Waals surface area contributed by atoms with Crippen LogP contribution in [-0.2, 0) is 4.57 Å². The third-order valence-electron chi connectivity index (χ3n) is 6.56. The van der Waals surface area contributed by atoms with Crippen LogP contribution in [0.2, 0.25) is 0 Å². The molecule has 0 amide bonds. The molecule has 0 radical (unpaired) electrons. The second-order valence-electron chi connectivity index (χ2n) is 10.0. The van der Waals surface area contributed by atoms with Crippen molar-refractivity contribution in [2.75, 3.05) is 21.1 Å². The fourth-order valence-electron chi connectivity index (χ4n) is 4.46. The summed E-state index contributed by atoms with van der Waals surface area (Å²) in [4.78, 5) is 12.1. The van der Waals surface area contributed by atoms with Crippen molar-refractivity contribution in [1.82, 2.24) is 0 Å². The second-order valence-corrected chi connectivity index (χ2v) is 11.4. The van der Waals surface area contributed by atoms with E-state index in [9.17, 15) is 9.46 Å². The van der Waals surface area contributed by atoms with E-state index in [1.165, 1.54) is 89.9 Å². The first kappa shape index (κ1) is 29.8. The molecule has 0 aromatic carbocycles. The van der Waals surface area contributed by atoms with E-state index in [4.69, 9.17) is 0 Å². The van der Waals surface area contributed by atoms with E-state index in [1.54, 1.807) is 0 Å². The van der Waals surface area contributed by atoms with Gasteiger partial charge in [0.25, 0.3) is 5.28 Å². The van der Waals surface area contributed by atoms with Crippen molar-refractivity contribution in [2.24, 2.45) is 0 Å². The first-order chi connectivity index (χ1) is 14.3. The van der Waals surface area contributed by atoms with Crippen molar-refractivity contribution in [3.8, 4) is 0 Å². The Labute approximate surface area is 190 Å². The maximum absolute atomic E-state index is 12.1. The van der Waals surface area contributed by atoms with Gasteiger partial charge in [-0.15, -0.1) is 0 Å². The summed E-state index contributed by atoms with van der Waals surface area (Å²) < 4.78 is 12.6. The standard InChI is InChI=1S/C26H53NO2P/c1-6-8-9-10-11-12-13-14-15-16-17-18-19-20-21-22-23-25-26(24-7-2,30(28)29)27(3,4)5/h9-10H,6-8,11-25H2,1-5H3/q+1. The van der Waals surface area contributed by atoms with E-state index in [0.29, 0.717) is 4.48 Å². The number of allylic oxidation sites excluding steroid dienone is 2. The molecule has 0 bridgehead atoms. The number of quaternary nitrogens is 1. The summed E-state index contributed by atoms with van der Waals surface area (Å²) in [5, 5.41) is -0.587. The van der Waals surface area contributed by atoms with Crippen molar-refractivity contribution in [1.29, 1.82) is 0 Å². The van der Waals surface area contributed by atoms with Crippen LogP contribution in [0.5, 0.6) is 0 Å². The molecule has 0 aliphatic rings. The molecule has 0 saturated carbocycles. The monoisotopic (exact) mass is 442 g/mol. The van der Waals surface area contributed by atoms with Gasteiger partial charge in [-0.1, -0.05) is 101 Å². The van der Waals surface area contributed by atoms with Crippen LogP contribution in [0.3, 0.4) is 0 Å². The maximum Gasteiger partial charge on any atom is 0.376 e. The van der Waals surface area contributed by atoms with Crippen molar-refractivity contribution < 1.29 is 13.9 Å². The minimum absolute atomic E-state index is 0.523. The Balaban J connectivity index is 3.66. The Morgan fingerprint density at radius 1 is 0.667 bits per heavy atom. The first-order valence-corrected chi connectivity index (χ1v) is 14.1. The van der Waals surface area contributed by atoms with E-state index in [-0.39, 0.29) is 0 Å². The molecule has 2 unspecified atom stereocenters. The van der Waals surface area contributed by atoms with Gasteiger partial charge < -0.3 is 4.89 Å². The SMILES string of the molecule is CCCC=CCCCCCCCCCCCCCCC(CCC)([P+](=O)[O-])[N+](C)(C)C. The second kappa shape index (κ2) is 18.3. The largest absolute Gasteiger partial charge is 0.590 e. The van der Waals surface area contributed by atoms with Gasteiger partial charge in [0.1, 0.15) is 0 Å². The lowest BCUT2D eigenvalue weighted by Gasteiger charge is -2.39. The molecule has 0 fully saturated rings. The molecule has 0 spiro atoms. The van der Waals surface area contributed by atoms with Gasteiger partial charge in [-0.05, 0) is 32.1 Å². The summed E-state index contributed by atoms with van der Waals surface area (Å²) in [7, 11) is 3.68. The smallest absolute Gasteiger partial charge is 0.376 e. The van der Waals surface area contributed by atoms with Gasteiger partial charge >= 0.3 is 8.03 Å². The Kier molecular flexibility index (Phi) is 18.2. The maximum atomic E-state index is 12.1. The summed E-state index contributed by atoms with van der Waals surface area (Å²) >= 11 is 0. The highest BCUT2D eigenvalue weighted by atomic mass is 31.1. The third-order valence-corrected chi connectivity index (χ3v) is 8.29. The molecule has 0 aromatic heterocycles. The fraction of sp³-hybridized carbons (Fsp3) is 0.923. The highest BCUT2D eigenvalue weighted by molar-refractivity contribution is 7.38. The molecule has 0 aromatic rings. The summed E-state index contributed by atoms with van der Waals surface area (Å²) in [5.74, 6) is 0. The lowest BCUT2D eigenvalue weighted by molar-refractivity contribution is -0.910. The first-order valence-electron chi connectivity index (χ1n) is 12.9. The van der Waals surface area contributed by atoms with Crippen LogP contribution in [0.4, 0.5) is 0 Å². The zero-order valence-corrected chi connectivity index (χ0v) is 22.0. The van der Waals surface area contributed by atoms with Crippen LogP contribution in [0, 0.1) is 0 Å². The van der Waals surface area contributed by atoms with Crippen LogP contribution in [0.25, 0.3) is 0 Å². The van der Waals surface area contributed by atoms with Crippen LogP contribution >= 0.6 is 8.03 Å². The highest BCUT2D eigenvalue weighted by Crippen LogP contribution is 2.45. The number of hydrogen-bond acceptors (Lipinski definition) is 2. The predicted molar refractivity (Wildman–Crippen MR) is 132 cm³/mol. The van der Waals surface area contributed by atoms with E-state index in [1.807, 2.05) is 21.1 Å². The van der Waals surface area contributed by atoms with Gasteiger partial charge in [0.15, 0.2) is 0 Å². The van der Waals surface area contributed by atoms with E-state index in [0.717, 1.165) is 25.7 Å². The predicted octanol–water partition coefficient (Wildman–Crippen LogP) is 8.11. The van der Waals surface area contributed by atoms with Crippen LogP contribution in [-0.4, -0.2) is 30.9 Å². The third kappa shape index (κ3) is 13.2. The van der Waals surface area contributed by atoms with Crippen molar-refractivity contribution in [3.05, 3.63) is 12.2 Å². The average Bonchev–Trinajstić information content (AvgIpc) is 2.68. The summed E-state index contributed by atoms with van der Waals surface area (Å²) in [6.07, 6.45) is 26.7. The van der Waals surface area contributed by atoms with Gasteiger partial charge in [0, 0.05) is 12.8 Å². The summed E-state index contributed by atoms with van der Waals surface area (Å²) in [6, 6.07) is 0. The summed E-state index contributed by atoms with van der Waals surface area (Å²) in [5.41, 5.74) is 0. The molecule has 0 heterocycles. The zero-order valence-electron chi connectivity index (χ0n) is 21.1. The lowest BCUT2D eigenvalue weighted by atomic mass is 9.99. The molecule has 0 saturated heterocycles. The Hall–Kier alpha value is -0.240. The number of nitrogens with zero attached hydrogens (tertiary/aromatic N) is 1. The molecule has 2 atom stereocenters. The van der Waals surface area contributed by atoms with E-state index in [2.05, 4.69) is 26.0 Å². The molecular weight excluding hydrogens is 389 g/mol. The molecule has 30 heavy (non-hydrogen) atoms. The number of rotatable bonds is 21. The number of unbranched alkanes of at least 4 members (excludes halogenated alkanes) is 13. The highest BCUT2D eigenvalue weighted by Gasteiger charge is 2.53. The van der Waals surface area contributed by atoms with E-state index >= 15 is 0 Å². The normalized spacial score (nSPS) is 14.9. The van der Waals surface area contributed by atoms with Crippen molar-refractivity contribution >= 4 is 8.03 Å². The van der Waals surface area contributed by atoms with E-state index < -0.39 is 13.3 Å². The van der Waals surface area contributed by atoms with Gasteiger partial charge in [-0.25, -0.2) is 0 Å². The molecule has 0 aliphatic carbocycles. The zero-order chi connectivity index (χ0) is 22.7. The Morgan fingerprint density at radius 2 is 1.10 bits per heavy atom. The molecule has 178 valence electrons. The van der Waals surface area contributed by atoms with Crippen molar-refractivity contribution in [3.63, 3.8) is 0 Å². The molecule has 4 heteroatoms. The minimum atomic E-state index is -2.42. The molecule has 0 aliphatic heterocycles. The molecular formula is C26H53NO2P+. The Bertz CT molecular complexity index is 445. The fourth-order valence-corrected chi connectivity index (χ4v) is 5.70. The van der Waals surface area contributed by atoms with Gasteiger partial charge in [0.05, 0.1) is 21.1 Å².